The lowest BCUT2D eigenvalue weighted by molar-refractivity contribution is 0.671. The van der Waals surface area contributed by atoms with Crippen LogP contribution >= 0.6 is 11.6 Å². The molecule has 2 aromatic rings. The van der Waals surface area contributed by atoms with E-state index in [0.717, 1.165) is 42.6 Å². The SMILES string of the molecule is O=c1c2c([nH]n1-c1ccc(Cl)cc1)CCCC2. The van der Waals surface area contributed by atoms with E-state index in [2.05, 4.69) is 5.10 Å². The van der Waals surface area contributed by atoms with Crippen LogP contribution in [0.2, 0.25) is 5.02 Å². The maximum absolute atomic E-state index is 12.2. The summed E-state index contributed by atoms with van der Waals surface area (Å²) in [7, 11) is 0. The summed E-state index contributed by atoms with van der Waals surface area (Å²) in [6.07, 6.45) is 4.14. The maximum atomic E-state index is 12.2. The summed E-state index contributed by atoms with van der Waals surface area (Å²) in [5.41, 5.74) is 2.97. The zero-order chi connectivity index (χ0) is 11.8. The van der Waals surface area contributed by atoms with Crippen molar-refractivity contribution in [3.8, 4) is 5.69 Å². The number of aryl methyl sites for hydroxylation is 1. The third-order valence-corrected chi connectivity index (χ3v) is 3.51. The lowest BCUT2D eigenvalue weighted by atomic mass is 9.98. The molecule has 0 radical (unpaired) electrons. The summed E-state index contributed by atoms with van der Waals surface area (Å²) in [6.45, 7) is 0. The van der Waals surface area contributed by atoms with E-state index >= 15 is 0 Å². The first kappa shape index (κ1) is 10.7. The molecule has 17 heavy (non-hydrogen) atoms. The molecular formula is C13H13ClN2O. The van der Waals surface area contributed by atoms with E-state index in [1.54, 1.807) is 16.8 Å². The minimum atomic E-state index is 0.0852. The second-order valence-corrected chi connectivity index (χ2v) is 4.83. The number of rotatable bonds is 1. The molecule has 0 saturated heterocycles. The number of halogens is 1. The molecule has 0 atom stereocenters. The van der Waals surface area contributed by atoms with Crippen molar-refractivity contribution in [3.63, 3.8) is 0 Å². The minimum absolute atomic E-state index is 0.0852. The summed E-state index contributed by atoms with van der Waals surface area (Å²) in [5, 5.41) is 3.88. The summed E-state index contributed by atoms with van der Waals surface area (Å²) < 4.78 is 1.62. The van der Waals surface area contributed by atoms with E-state index < -0.39 is 0 Å². The average Bonchev–Trinajstić information content (AvgIpc) is 2.69. The molecular weight excluding hydrogens is 236 g/mol. The Morgan fingerprint density at radius 1 is 1.12 bits per heavy atom. The van der Waals surface area contributed by atoms with Gasteiger partial charge < -0.3 is 0 Å². The molecule has 1 N–H and O–H groups in total. The van der Waals surface area contributed by atoms with E-state index in [1.807, 2.05) is 12.1 Å². The van der Waals surface area contributed by atoms with E-state index in [4.69, 9.17) is 11.6 Å². The van der Waals surface area contributed by atoms with Gasteiger partial charge in [-0.1, -0.05) is 11.6 Å². The third-order valence-electron chi connectivity index (χ3n) is 3.26. The summed E-state index contributed by atoms with van der Waals surface area (Å²) in [6, 6.07) is 7.30. The van der Waals surface area contributed by atoms with Gasteiger partial charge in [-0.25, -0.2) is 4.68 Å². The number of hydrogen-bond acceptors (Lipinski definition) is 1. The predicted molar refractivity (Wildman–Crippen MR) is 68.0 cm³/mol. The fourth-order valence-corrected chi connectivity index (χ4v) is 2.48. The van der Waals surface area contributed by atoms with Gasteiger partial charge in [0.1, 0.15) is 0 Å². The standard InChI is InChI=1S/C13H13ClN2O/c14-9-5-7-10(8-6-9)16-13(17)11-3-1-2-4-12(11)15-16/h5-8,15H,1-4H2. The van der Waals surface area contributed by atoms with Crippen LogP contribution in [0.15, 0.2) is 29.1 Å². The quantitative estimate of drug-likeness (QED) is 0.828. The fourth-order valence-electron chi connectivity index (χ4n) is 2.36. The molecule has 88 valence electrons. The molecule has 0 fully saturated rings. The van der Waals surface area contributed by atoms with Crippen LogP contribution in [-0.4, -0.2) is 9.78 Å². The summed E-state index contributed by atoms with van der Waals surface area (Å²) >= 11 is 5.84. The van der Waals surface area contributed by atoms with Gasteiger partial charge in [0.15, 0.2) is 0 Å². The minimum Gasteiger partial charge on any atom is -0.295 e. The van der Waals surface area contributed by atoms with Crippen LogP contribution in [0.4, 0.5) is 0 Å². The van der Waals surface area contributed by atoms with Gasteiger partial charge in [-0.3, -0.25) is 9.89 Å². The van der Waals surface area contributed by atoms with Crippen LogP contribution in [0.3, 0.4) is 0 Å². The highest BCUT2D eigenvalue weighted by Crippen LogP contribution is 2.18. The van der Waals surface area contributed by atoms with Crippen molar-refractivity contribution in [1.29, 1.82) is 0 Å². The number of nitrogens with one attached hydrogen (secondary N) is 1. The fraction of sp³-hybridized carbons (Fsp3) is 0.308. The number of H-pyrrole nitrogens is 1. The predicted octanol–water partition coefficient (Wildman–Crippen LogP) is 2.70. The van der Waals surface area contributed by atoms with Crippen LogP contribution in [0, 0.1) is 0 Å². The molecule has 1 aromatic heterocycles. The van der Waals surface area contributed by atoms with Crippen molar-refractivity contribution in [2.45, 2.75) is 25.7 Å². The molecule has 1 aliphatic rings. The highest BCUT2D eigenvalue weighted by Gasteiger charge is 2.17. The van der Waals surface area contributed by atoms with Gasteiger partial charge in [-0.15, -0.1) is 0 Å². The molecule has 4 heteroatoms. The monoisotopic (exact) mass is 248 g/mol. The number of benzene rings is 1. The Hall–Kier alpha value is -1.48. The van der Waals surface area contributed by atoms with Crippen LogP contribution in [-0.2, 0) is 12.8 Å². The Kier molecular flexibility index (Phi) is 2.56. The average molecular weight is 249 g/mol. The number of hydrogen-bond donors (Lipinski definition) is 1. The van der Waals surface area contributed by atoms with Crippen LogP contribution in [0.1, 0.15) is 24.1 Å². The number of fused-ring (bicyclic) bond motifs is 1. The van der Waals surface area contributed by atoms with E-state index in [1.165, 1.54) is 0 Å². The smallest absolute Gasteiger partial charge is 0.274 e. The first-order valence-corrected chi connectivity index (χ1v) is 6.22. The van der Waals surface area contributed by atoms with Crippen molar-refractivity contribution in [2.75, 3.05) is 0 Å². The van der Waals surface area contributed by atoms with Gasteiger partial charge in [0, 0.05) is 16.3 Å². The van der Waals surface area contributed by atoms with Crippen LogP contribution < -0.4 is 5.56 Å². The molecule has 0 bridgehead atoms. The van der Waals surface area contributed by atoms with E-state index in [0.29, 0.717) is 5.02 Å². The highest BCUT2D eigenvalue weighted by atomic mass is 35.5. The zero-order valence-electron chi connectivity index (χ0n) is 9.37. The Morgan fingerprint density at radius 2 is 1.82 bits per heavy atom. The van der Waals surface area contributed by atoms with Gasteiger partial charge in [0.25, 0.3) is 5.56 Å². The van der Waals surface area contributed by atoms with Crippen molar-refractivity contribution in [3.05, 3.63) is 50.9 Å². The largest absolute Gasteiger partial charge is 0.295 e. The lowest BCUT2D eigenvalue weighted by Gasteiger charge is -2.07. The van der Waals surface area contributed by atoms with Gasteiger partial charge in [0.2, 0.25) is 0 Å². The molecule has 1 aromatic carbocycles. The zero-order valence-corrected chi connectivity index (χ0v) is 10.1. The second kappa shape index (κ2) is 4.08. The van der Waals surface area contributed by atoms with E-state index in [-0.39, 0.29) is 5.56 Å². The molecule has 0 amide bonds. The molecule has 0 unspecified atom stereocenters. The molecule has 3 rings (SSSR count). The Morgan fingerprint density at radius 3 is 2.53 bits per heavy atom. The van der Waals surface area contributed by atoms with Crippen LogP contribution in [0.25, 0.3) is 5.69 Å². The maximum Gasteiger partial charge on any atom is 0.274 e. The number of nitrogens with zero attached hydrogens (tertiary/aromatic N) is 1. The molecule has 3 nitrogen and oxygen atoms in total. The lowest BCUT2D eigenvalue weighted by Crippen LogP contribution is -2.17. The first-order valence-electron chi connectivity index (χ1n) is 5.84. The summed E-state index contributed by atoms with van der Waals surface area (Å²) in [4.78, 5) is 12.2. The first-order chi connectivity index (χ1) is 8.25. The molecule has 0 aliphatic heterocycles. The van der Waals surface area contributed by atoms with Crippen molar-refractivity contribution in [1.82, 2.24) is 9.78 Å². The van der Waals surface area contributed by atoms with Gasteiger partial charge in [-0.2, -0.15) is 0 Å². The van der Waals surface area contributed by atoms with Crippen LogP contribution in [0.5, 0.6) is 0 Å². The Balaban J connectivity index is 2.12. The van der Waals surface area contributed by atoms with E-state index in [9.17, 15) is 4.79 Å². The number of aromatic nitrogens is 2. The number of aromatic amines is 1. The summed E-state index contributed by atoms with van der Waals surface area (Å²) in [5.74, 6) is 0. The van der Waals surface area contributed by atoms with Gasteiger partial charge >= 0.3 is 0 Å². The second-order valence-electron chi connectivity index (χ2n) is 4.39. The molecule has 0 saturated carbocycles. The molecule has 1 aliphatic carbocycles. The third kappa shape index (κ3) is 1.80. The topological polar surface area (TPSA) is 37.8 Å². The van der Waals surface area contributed by atoms with Crippen molar-refractivity contribution >= 4 is 11.6 Å². The molecule has 0 spiro atoms. The normalized spacial score (nSPS) is 14.6. The van der Waals surface area contributed by atoms with Gasteiger partial charge in [0.05, 0.1) is 5.69 Å². The van der Waals surface area contributed by atoms with Crippen molar-refractivity contribution in [2.24, 2.45) is 0 Å². The van der Waals surface area contributed by atoms with Gasteiger partial charge in [-0.05, 0) is 49.9 Å². The Bertz CT molecular complexity index is 595. The Labute approximate surface area is 104 Å². The highest BCUT2D eigenvalue weighted by molar-refractivity contribution is 6.30. The molecule has 1 heterocycles. The van der Waals surface area contributed by atoms with Crippen molar-refractivity contribution < 1.29 is 0 Å².